The fourth-order valence-electron chi connectivity index (χ4n) is 4.71. The molecule has 2 atom stereocenters. The van der Waals surface area contributed by atoms with Crippen molar-refractivity contribution < 1.29 is 14.3 Å². The fraction of sp³-hybridized carbons (Fsp3) is 0.500. The van der Waals surface area contributed by atoms with E-state index in [0.29, 0.717) is 19.3 Å². The molecule has 0 bridgehead atoms. The molecule has 0 amide bonds. The Morgan fingerprint density at radius 1 is 1.32 bits per heavy atom. The minimum Gasteiger partial charge on any atom is -0.454 e. The van der Waals surface area contributed by atoms with Gasteiger partial charge in [0.2, 0.25) is 6.79 Å². The lowest BCUT2D eigenvalue weighted by Crippen LogP contribution is -2.31. The van der Waals surface area contributed by atoms with Crippen molar-refractivity contribution in [1.82, 2.24) is 4.90 Å². The summed E-state index contributed by atoms with van der Waals surface area (Å²) in [4.78, 5) is 14.1. The molecule has 0 saturated heterocycles. The van der Waals surface area contributed by atoms with E-state index in [1.165, 1.54) is 16.7 Å². The van der Waals surface area contributed by atoms with Crippen LogP contribution in [0.5, 0.6) is 11.5 Å². The molecule has 5 rings (SSSR count). The molecular formula is C18H19NO3. The van der Waals surface area contributed by atoms with Crippen molar-refractivity contribution in [1.29, 1.82) is 0 Å². The van der Waals surface area contributed by atoms with Gasteiger partial charge in [0.25, 0.3) is 0 Å². The number of allylic oxidation sites excluding steroid dienone is 2. The van der Waals surface area contributed by atoms with Crippen molar-refractivity contribution in [3.05, 3.63) is 34.9 Å². The van der Waals surface area contributed by atoms with Gasteiger partial charge in [0.15, 0.2) is 17.3 Å². The van der Waals surface area contributed by atoms with Gasteiger partial charge in [-0.25, -0.2) is 0 Å². The lowest BCUT2D eigenvalue weighted by Gasteiger charge is -2.32. The predicted molar refractivity (Wildman–Crippen MR) is 81.3 cm³/mol. The summed E-state index contributed by atoms with van der Waals surface area (Å²) in [5.74, 6) is 2.06. The Labute approximate surface area is 129 Å². The number of ether oxygens (including phenoxy) is 2. The highest BCUT2D eigenvalue weighted by Crippen LogP contribution is 2.60. The number of benzene rings is 1. The molecule has 1 spiro atoms. The molecule has 0 aromatic heterocycles. The second kappa shape index (κ2) is 4.13. The number of rotatable bonds is 0. The first-order chi connectivity index (χ1) is 10.7. The van der Waals surface area contributed by atoms with Crippen LogP contribution in [0.4, 0.5) is 0 Å². The summed E-state index contributed by atoms with van der Waals surface area (Å²) in [6.07, 6.45) is 7.55. The molecule has 1 aromatic carbocycles. The highest BCUT2D eigenvalue weighted by atomic mass is 16.7. The van der Waals surface area contributed by atoms with E-state index >= 15 is 0 Å². The number of hydrogen-bond acceptors (Lipinski definition) is 4. The standard InChI is InChI=1S/C18H19NO3/c1-19-7-4-11-8-14-17(22-10-21-14)16-15(11)13(19)9-18(16)5-2-12(20)3-6-18/h2,5,8,13H,3-4,6-7,9-10H2,1H3. The summed E-state index contributed by atoms with van der Waals surface area (Å²) in [5, 5.41) is 0. The van der Waals surface area contributed by atoms with Gasteiger partial charge in [0.05, 0.1) is 0 Å². The van der Waals surface area contributed by atoms with Crippen LogP contribution in [0, 0.1) is 0 Å². The molecule has 4 aliphatic rings. The van der Waals surface area contributed by atoms with Crippen molar-refractivity contribution in [3.8, 4) is 11.5 Å². The third kappa shape index (κ3) is 1.48. The van der Waals surface area contributed by atoms with Crippen LogP contribution in [0.25, 0.3) is 0 Å². The molecule has 0 fully saturated rings. The van der Waals surface area contributed by atoms with E-state index in [-0.39, 0.29) is 11.2 Å². The topological polar surface area (TPSA) is 38.8 Å². The van der Waals surface area contributed by atoms with E-state index in [1.54, 1.807) is 6.08 Å². The van der Waals surface area contributed by atoms with E-state index in [4.69, 9.17) is 9.47 Å². The summed E-state index contributed by atoms with van der Waals surface area (Å²) in [6, 6.07) is 2.61. The largest absolute Gasteiger partial charge is 0.454 e. The Morgan fingerprint density at radius 3 is 3.05 bits per heavy atom. The molecule has 4 nitrogen and oxygen atoms in total. The number of carbonyl (C=O) groups excluding carboxylic acids is 1. The van der Waals surface area contributed by atoms with Crippen molar-refractivity contribution in [2.75, 3.05) is 20.4 Å². The van der Waals surface area contributed by atoms with Crippen LogP contribution >= 0.6 is 0 Å². The fourth-order valence-corrected chi connectivity index (χ4v) is 4.71. The van der Waals surface area contributed by atoms with Crippen molar-refractivity contribution in [2.45, 2.75) is 37.1 Å². The minimum absolute atomic E-state index is 0.0553. The molecule has 114 valence electrons. The van der Waals surface area contributed by atoms with Gasteiger partial charge in [-0.1, -0.05) is 6.08 Å². The third-order valence-electron chi connectivity index (χ3n) is 5.85. The Morgan fingerprint density at radius 2 is 2.23 bits per heavy atom. The summed E-state index contributed by atoms with van der Waals surface area (Å²) >= 11 is 0. The average molecular weight is 297 g/mol. The number of carbonyl (C=O) groups is 1. The van der Waals surface area contributed by atoms with Gasteiger partial charge in [-0.05, 0) is 49.6 Å². The molecule has 22 heavy (non-hydrogen) atoms. The van der Waals surface area contributed by atoms with E-state index in [2.05, 4.69) is 24.1 Å². The van der Waals surface area contributed by atoms with Gasteiger partial charge in [0.1, 0.15) is 0 Å². The second-order valence-corrected chi connectivity index (χ2v) is 6.96. The van der Waals surface area contributed by atoms with Gasteiger partial charge >= 0.3 is 0 Å². The number of fused-ring (bicyclic) bond motifs is 3. The maximum atomic E-state index is 11.7. The zero-order chi connectivity index (χ0) is 14.9. The molecule has 2 aliphatic carbocycles. The summed E-state index contributed by atoms with van der Waals surface area (Å²) in [6.45, 7) is 1.39. The van der Waals surface area contributed by atoms with Gasteiger partial charge in [-0.15, -0.1) is 0 Å². The van der Waals surface area contributed by atoms with Gasteiger partial charge < -0.3 is 9.47 Å². The van der Waals surface area contributed by atoms with Crippen LogP contribution in [-0.2, 0) is 16.6 Å². The molecule has 0 N–H and O–H groups in total. The van der Waals surface area contributed by atoms with Crippen LogP contribution in [0.2, 0.25) is 0 Å². The molecular weight excluding hydrogens is 278 g/mol. The highest BCUT2D eigenvalue weighted by Gasteiger charge is 2.50. The predicted octanol–water partition coefficient (Wildman–Crippen LogP) is 2.50. The van der Waals surface area contributed by atoms with E-state index in [0.717, 1.165) is 37.3 Å². The number of ketones is 1. The maximum absolute atomic E-state index is 11.7. The van der Waals surface area contributed by atoms with Gasteiger partial charge in [-0.2, -0.15) is 0 Å². The SMILES string of the molecule is CN1CCc2cc3c(c4c2C1CC41C=CC(=O)CC1)OCO3. The van der Waals surface area contributed by atoms with Crippen LogP contribution in [0.1, 0.15) is 42.0 Å². The third-order valence-corrected chi connectivity index (χ3v) is 5.85. The van der Waals surface area contributed by atoms with Gasteiger partial charge in [0, 0.05) is 30.0 Å². The van der Waals surface area contributed by atoms with E-state index in [1.807, 2.05) is 0 Å². The van der Waals surface area contributed by atoms with Crippen LogP contribution in [0.15, 0.2) is 18.2 Å². The zero-order valence-corrected chi connectivity index (χ0v) is 12.7. The van der Waals surface area contributed by atoms with Crippen molar-refractivity contribution >= 4 is 5.78 Å². The lowest BCUT2D eigenvalue weighted by molar-refractivity contribution is -0.115. The van der Waals surface area contributed by atoms with Gasteiger partial charge in [-0.3, -0.25) is 9.69 Å². The highest BCUT2D eigenvalue weighted by molar-refractivity contribution is 5.91. The van der Waals surface area contributed by atoms with Crippen molar-refractivity contribution in [2.24, 2.45) is 0 Å². The Balaban J connectivity index is 1.79. The Bertz CT molecular complexity index is 724. The summed E-state index contributed by atoms with van der Waals surface area (Å²) in [7, 11) is 2.21. The van der Waals surface area contributed by atoms with Crippen LogP contribution < -0.4 is 9.47 Å². The molecule has 1 aromatic rings. The molecule has 0 radical (unpaired) electrons. The normalized spacial score (nSPS) is 31.9. The molecule has 2 aliphatic heterocycles. The molecule has 4 heteroatoms. The number of nitrogens with zero attached hydrogens (tertiary/aromatic N) is 1. The zero-order valence-electron chi connectivity index (χ0n) is 12.7. The average Bonchev–Trinajstić information content (AvgIpc) is 3.10. The molecule has 0 saturated carbocycles. The second-order valence-electron chi connectivity index (χ2n) is 6.96. The van der Waals surface area contributed by atoms with Crippen LogP contribution in [0.3, 0.4) is 0 Å². The summed E-state index contributed by atoms with van der Waals surface area (Å²) in [5.41, 5.74) is 4.10. The van der Waals surface area contributed by atoms with Crippen LogP contribution in [-0.4, -0.2) is 31.1 Å². The lowest BCUT2D eigenvalue weighted by atomic mass is 9.73. The first-order valence-corrected chi connectivity index (χ1v) is 8.06. The molecule has 2 heterocycles. The maximum Gasteiger partial charge on any atom is 0.231 e. The van der Waals surface area contributed by atoms with E-state index < -0.39 is 0 Å². The minimum atomic E-state index is -0.0553. The quantitative estimate of drug-likeness (QED) is 0.737. The first kappa shape index (κ1) is 12.7. The number of likely N-dealkylation sites (N-methyl/N-ethyl adjacent to an activating group) is 1. The summed E-state index contributed by atoms with van der Waals surface area (Å²) < 4.78 is 11.5. The van der Waals surface area contributed by atoms with Crippen molar-refractivity contribution in [3.63, 3.8) is 0 Å². The Kier molecular flexibility index (Phi) is 2.39. The van der Waals surface area contributed by atoms with E-state index in [9.17, 15) is 4.79 Å². The Hall–Kier alpha value is -1.81. The first-order valence-electron chi connectivity index (χ1n) is 8.06. The molecule has 2 unspecified atom stereocenters. The monoisotopic (exact) mass is 297 g/mol. The number of hydrogen-bond donors (Lipinski definition) is 0. The smallest absolute Gasteiger partial charge is 0.231 e.